The Bertz CT molecular complexity index is 347. The van der Waals surface area contributed by atoms with Gasteiger partial charge < -0.3 is 10.1 Å². The molecule has 2 rings (SSSR count). The molecule has 1 atom stereocenters. The standard InChI is InChI=1S/C12H15FN2O/c13-11-3-1-10(2-4-11)12(9-16)15-7-5-14-6-8-15/h1-4,9,12,14H,5-8H2. The van der Waals surface area contributed by atoms with Crippen molar-refractivity contribution in [3.8, 4) is 0 Å². The average Bonchev–Trinajstić information content (AvgIpc) is 2.34. The number of nitrogens with one attached hydrogen (secondary N) is 1. The highest BCUT2D eigenvalue weighted by Gasteiger charge is 2.21. The fourth-order valence-corrected chi connectivity index (χ4v) is 2.00. The van der Waals surface area contributed by atoms with Gasteiger partial charge in [0.15, 0.2) is 0 Å². The monoisotopic (exact) mass is 222 g/mol. The molecule has 1 fully saturated rings. The molecule has 3 nitrogen and oxygen atoms in total. The lowest BCUT2D eigenvalue weighted by molar-refractivity contribution is -0.112. The Morgan fingerprint density at radius 1 is 1.25 bits per heavy atom. The van der Waals surface area contributed by atoms with E-state index >= 15 is 0 Å². The molecule has 0 spiro atoms. The lowest BCUT2D eigenvalue weighted by Crippen LogP contribution is -2.45. The first-order valence-corrected chi connectivity index (χ1v) is 5.47. The molecule has 0 aromatic heterocycles. The molecule has 0 bridgehead atoms. The van der Waals surface area contributed by atoms with Crippen LogP contribution in [-0.4, -0.2) is 37.4 Å². The van der Waals surface area contributed by atoms with Gasteiger partial charge in [0.1, 0.15) is 12.1 Å². The third-order valence-corrected chi connectivity index (χ3v) is 2.89. The van der Waals surface area contributed by atoms with Crippen molar-refractivity contribution in [3.05, 3.63) is 35.6 Å². The zero-order valence-corrected chi connectivity index (χ0v) is 9.03. The van der Waals surface area contributed by atoms with Gasteiger partial charge in [-0.1, -0.05) is 12.1 Å². The van der Waals surface area contributed by atoms with Crippen molar-refractivity contribution in [2.75, 3.05) is 26.2 Å². The second-order valence-electron chi connectivity index (χ2n) is 3.92. The Kier molecular flexibility index (Phi) is 3.64. The number of hydrogen-bond acceptors (Lipinski definition) is 3. The van der Waals surface area contributed by atoms with E-state index < -0.39 is 0 Å². The number of aldehydes is 1. The highest BCUT2D eigenvalue weighted by Crippen LogP contribution is 2.19. The molecule has 86 valence electrons. The summed E-state index contributed by atoms with van der Waals surface area (Å²) >= 11 is 0. The van der Waals surface area contributed by atoms with E-state index in [1.165, 1.54) is 12.1 Å². The van der Waals surface area contributed by atoms with E-state index in [9.17, 15) is 9.18 Å². The van der Waals surface area contributed by atoms with Crippen molar-refractivity contribution in [2.45, 2.75) is 6.04 Å². The molecular formula is C12H15FN2O. The number of carbonyl (C=O) groups is 1. The first kappa shape index (κ1) is 11.2. The summed E-state index contributed by atoms with van der Waals surface area (Å²) in [4.78, 5) is 13.2. The van der Waals surface area contributed by atoms with Crippen LogP contribution < -0.4 is 5.32 Å². The van der Waals surface area contributed by atoms with Crippen LogP contribution in [0.2, 0.25) is 0 Å². The summed E-state index contributed by atoms with van der Waals surface area (Å²) in [6.45, 7) is 3.48. The zero-order valence-electron chi connectivity index (χ0n) is 9.03. The minimum Gasteiger partial charge on any atom is -0.314 e. The predicted molar refractivity (Wildman–Crippen MR) is 59.6 cm³/mol. The molecule has 4 heteroatoms. The number of nitrogens with zero attached hydrogens (tertiary/aromatic N) is 1. The summed E-state index contributed by atoms with van der Waals surface area (Å²) in [7, 11) is 0. The first-order chi connectivity index (χ1) is 7.81. The number of carbonyl (C=O) groups excluding carboxylic acids is 1. The van der Waals surface area contributed by atoms with Gasteiger partial charge in [-0.3, -0.25) is 4.90 Å². The molecule has 0 saturated carbocycles. The van der Waals surface area contributed by atoms with Gasteiger partial charge in [-0.15, -0.1) is 0 Å². The van der Waals surface area contributed by atoms with Crippen LogP contribution in [0.25, 0.3) is 0 Å². The SMILES string of the molecule is O=CC(c1ccc(F)cc1)N1CCNCC1. The molecule has 1 aliphatic heterocycles. The summed E-state index contributed by atoms with van der Waals surface area (Å²) in [6.07, 6.45) is 0.929. The third kappa shape index (κ3) is 2.46. The molecule has 1 aliphatic rings. The van der Waals surface area contributed by atoms with Crippen molar-refractivity contribution < 1.29 is 9.18 Å². The van der Waals surface area contributed by atoms with E-state index in [1.54, 1.807) is 12.1 Å². The van der Waals surface area contributed by atoms with Crippen molar-refractivity contribution in [1.29, 1.82) is 0 Å². The van der Waals surface area contributed by atoms with Crippen molar-refractivity contribution in [2.24, 2.45) is 0 Å². The molecule has 16 heavy (non-hydrogen) atoms. The molecule has 1 aromatic rings. The van der Waals surface area contributed by atoms with E-state index in [-0.39, 0.29) is 11.9 Å². The number of piperazine rings is 1. The van der Waals surface area contributed by atoms with Crippen LogP contribution in [0.5, 0.6) is 0 Å². The topological polar surface area (TPSA) is 32.3 Å². The Hall–Kier alpha value is -1.26. The minimum absolute atomic E-state index is 0.248. The minimum atomic E-state index is -0.270. The number of halogens is 1. The molecule has 1 unspecified atom stereocenters. The van der Waals surface area contributed by atoms with Crippen LogP contribution in [-0.2, 0) is 4.79 Å². The Morgan fingerprint density at radius 3 is 2.44 bits per heavy atom. The number of hydrogen-bond donors (Lipinski definition) is 1. The van der Waals surface area contributed by atoms with Crippen LogP contribution in [0.3, 0.4) is 0 Å². The van der Waals surface area contributed by atoms with Crippen molar-refractivity contribution in [1.82, 2.24) is 10.2 Å². The normalized spacial score (nSPS) is 19.3. The fourth-order valence-electron chi connectivity index (χ4n) is 2.00. The molecule has 1 heterocycles. The van der Waals surface area contributed by atoms with Gasteiger partial charge in [0, 0.05) is 26.2 Å². The molecule has 0 amide bonds. The Balaban J connectivity index is 2.14. The van der Waals surface area contributed by atoms with Crippen molar-refractivity contribution in [3.63, 3.8) is 0 Å². The van der Waals surface area contributed by atoms with E-state index in [0.29, 0.717) is 0 Å². The average molecular weight is 222 g/mol. The van der Waals surface area contributed by atoms with Crippen LogP contribution in [0.15, 0.2) is 24.3 Å². The summed E-state index contributed by atoms with van der Waals surface area (Å²) in [5.41, 5.74) is 0.860. The summed E-state index contributed by atoms with van der Waals surface area (Å²) in [5.74, 6) is -0.270. The Labute approximate surface area is 94.3 Å². The van der Waals surface area contributed by atoms with Gasteiger partial charge in [0.05, 0.1) is 6.04 Å². The largest absolute Gasteiger partial charge is 0.314 e. The third-order valence-electron chi connectivity index (χ3n) is 2.89. The number of rotatable bonds is 3. The van der Waals surface area contributed by atoms with E-state index in [0.717, 1.165) is 38.0 Å². The van der Waals surface area contributed by atoms with E-state index in [1.807, 2.05) is 0 Å². The number of benzene rings is 1. The molecule has 1 aromatic carbocycles. The van der Waals surface area contributed by atoms with Gasteiger partial charge in [-0.25, -0.2) is 4.39 Å². The van der Waals surface area contributed by atoms with Gasteiger partial charge >= 0.3 is 0 Å². The van der Waals surface area contributed by atoms with Crippen LogP contribution in [0.1, 0.15) is 11.6 Å². The highest BCUT2D eigenvalue weighted by molar-refractivity contribution is 5.61. The molecule has 0 radical (unpaired) electrons. The van der Waals surface area contributed by atoms with E-state index in [2.05, 4.69) is 10.2 Å². The molecule has 1 N–H and O–H groups in total. The van der Waals surface area contributed by atoms with Gasteiger partial charge in [0.2, 0.25) is 0 Å². The zero-order chi connectivity index (χ0) is 11.4. The second-order valence-corrected chi connectivity index (χ2v) is 3.92. The maximum Gasteiger partial charge on any atom is 0.141 e. The highest BCUT2D eigenvalue weighted by atomic mass is 19.1. The molecular weight excluding hydrogens is 207 g/mol. The van der Waals surface area contributed by atoms with Gasteiger partial charge in [-0.2, -0.15) is 0 Å². The summed E-state index contributed by atoms with van der Waals surface area (Å²) < 4.78 is 12.8. The maximum atomic E-state index is 12.8. The quantitative estimate of drug-likeness (QED) is 0.773. The maximum absolute atomic E-state index is 12.8. The fraction of sp³-hybridized carbons (Fsp3) is 0.417. The van der Waals surface area contributed by atoms with Crippen LogP contribution in [0.4, 0.5) is 4.39 Å². The first-order valence-electron chi connectivity index (χ1n) is 5.47. The van der Waals surface area contributed by atoms with Gasteiger partial charge in [-0.05, 0) is 17.7 Å². The molecule has 1 saturated heterocycles. The Morgan fingerprint density at radius 2 is 1.88 bits per heavy atom. The predicted octanol–water partition coefficient (Wildman–Crippen LogP) is 0.971. The second kappa shape index (κ2) is 5.18. The van der Waals surface area contributed by atoms with Crippen molar-refractivity contribution >= 4 is 6.29 Å². The smallest absolute Gasteiger partial charge is 0.141 e. The van der Waals surface area contributed by atoms with Crippen LogP contribution in [0, 0.1) is 5.82 Å². The van der Waals surface area contributed by atoms with E-state index in [4.69, 9.17) is 0 Å². The molecule has 0 aliphatic carbocycles. The summed E-state index contributed by atoms with van der Waals surface area (Å²) in [5, 5.41) is 3.24. The lowest BCUT2D eigenvalue weighted by Gasteiger charge is -2.32. The van der Waals surface area contributed by atoms with Gasteiger partial charge in [0.25, 0.3) is 0 Å². The lowest BCUT2D eigenvalue weighted by atomic mass is 10.1. The summed E-state index contributed by atoms with van der Waals surface area (Å²) in [6, 6.07) is 5.90. The van der Waals surface area contributed by atoms with Crippen LogP contribution >= 0.6 is 0 Å².